The van der Waals surface area contributed by atoms with Crippen molar-refractivity contribution in [2.24, 2.45) is 10.9 Å². The average molecular weight is 415 g/mol. The molecule has 1 aliphatic rings. The van der Waals surface area contributed by atoms with Gasteiger partial charge in [-0.25, -0.2) is 0 Å². The average Bonchev–Trinajstić information content (AvgIpc) is 3.24. The fourth-order valence-corrected chi connectivity index (χ4v) is 2.69. The second-order valence-corrected chi connectivity index (χ2v) is 6.70. The molecule has 0 radical (unpaired) electrons. The molecule has 1 aromatic rings. The molecule has 2 rings (SSSR count). The quantitative estimate of drug-likeness (QED) is 0.436. The number of rotatable bonds is 5. The van der Waals surface area contributed by atoms with Crippen LogP contribution in [0, 0.1) is 12.8 Å². The third-order valence-electron chi connectivity index (χ3n) is 4.75. The van der Waals surface area contributed by atoms with Gasteiger partial charge in [-0.3, -0.25) is 4.99 Å². The minimum atomic E-state index is 0. The van der Waals surface area contributed by atoms with Gasteiger partial charge < -0.3 is 10.6 Å². The molecule has 1 saturated carbocycles. The van der Waals surface area contributed by atoms with Crippen LogP contribution < -0.4 is 10.6 Å². The lowest BCUT2D eigenvalue weighted by Crippen LogP contribution is -2.46. The molecule has 0 aliphatic heterocycles. The van der Waals surface area contributed by atoms with Crippen LogP contribution in [0.3, 0.4) is 0 Å². The monoisotopic (exact) mass is 415 g/mol. The molecular formula is C18H30IN3. The fraction of sp³-hybridized carbons (Fsp3) is 0.611. The summed E-state index contributed by atoms with van der Waals surface area (Å²) in [7, 11) is 1.84. The zero-order valence-electron chi connectivity index (χ0n) is 14.4. The third-order valence-corrected chi connectivity index (χ3v) is 4.75. The Morgan fingerprint density at radius 3 is 2.36 bits per heavy atom. The summed E-state index contributed by atoms with van der Waals surface area (Å²) in [5, 5.41) is 6.99. The Kier molecular flexibility index (Phi) is 7.16. The van der Waals surface area contributed by atoms with Crippen molar-refractivity contribution in [2.75, 3.05) is 13.6 Å². The Morgan fingerprint density at radius 1 is 1.23 bits per heavy atom. The summed E-state index contributed by atoms with van der Waals surface area (Å²) in [4.78, 5) is 4.35. The molecule has 0 saturated heterocycles. The number of aryl methyl sites for hydroxylation is 1. The van der Waals surface area contributed by atoms with Gasteiger partial charge in [0, 0.05) is 25.0 Å². The molecule has 0 amide bonds. The second kappa shape index (κ2) is 8.18. The predicted molar refractivity (Wildman–Crippen MR) is 106 cm³/mol. The molecule has 0 aromatic heterocycles. The lowest BCUT2D eigenvalue weighted by atomic mass is 9.92. The van der Waals surface area contributed by atoms with Crippen LogP contribution in [0.1, 0.15) is 44.7 Å². The number of guanidine groups is 1. The van der Waals surface area contributed by atoms with E-state index in [1.165, 1.54) is 24.0 Å². The fourth-order valence-electron chi connectivity index (χ4n) is 2.69. The van der Waals surface area contributed by atoms with Gasteiger partial charge in [0.25, 0.3) is 0 Å². The van der Waals surface area contributed by atoms with Gasteiger partial charge in [0.05, 0.1) is 0 Å². The van der Waals surface area contributed by atoms with Crippen molar-refractivity contribution in [2.45, 2.75) is 52.0 Å². The zero-order chi connectivity index (χ0) is 15.5. The number of benzene rings is 1. The Labute approximate surface area is 152 Å². The highest BCUT2D eigenvalue weighted by Gasteiger charge is 2.44. The van der Waals surface area contributed by atoms with Crippen LogP contribution >= 0.6 is 24.0 Å². The van der Waals surface area contributed by atoms with Crippen LogP contribution in [0.25, 0.3) is 0 Å². The first-order valence-electron chi connectivity index (χ1n) is 8.02. The maximum absolute atomic E-state index is 4.35. The molecule has 2 N–H and O–H groups in total. The first kappa shape index (κ1) is 19.3. The van der Waals surface area contributed by atoms with Gasteiger partial charge in [-0.05, 0) is 43.7 Å². The number of nitrogens with one attached hydrogen (secondary N) is 2. The third kappa shape index (κ3) is 4.61. The van der Waals surface area contributed by atoms with Crippen molar-refractivity contribution in [3.8, 4) is 0 Å². The first-order chi connectivity index (χ1) is 9.98. The highest BCUT2D eigenvalue weighted by atomic mass is 127. The maximum atomic E-state index is 4.35. The van der Waals surface area contributed by atoms with Gasteiger partial charge in [-0.1, -0.05) is 38.1 Å². The van der Waals surface area contributed by atoms with Crippen LogP contribution in [0.4, 0.5) is 0 Å². The van der Waals surface area contributed by atoms with Gasteiger partial charge in [0.2, 0.25) is 0 Å². The molecule has 0 bridgehead atoms. The van der Waals surface area contributed by atoms with Crippen LogP contribution in [-0.2, 0) is 5.41 Å². The first-order valence-corrected chi connectivity index (χ1v) is 8.02. The van der Waals surface area contributed by atoms with E-state index in [4.69, 9.17) is 0 Å². The van der Waals surface area contributed by atoms with E-state index in [2.05, 4.69) is 67.6 Å². The molecule has 1 aliphatic carbocycles. The standard InChI is InChI=1S/C18H29N3.HI/c1-13(2)15(4)21-17(19-5)20-12-18(10-11-18)16-9-7-6-8-14(16)3;/h6-9,13,15H,10-12H2,1-5H3,(H2,19,20,21);1H. The Hall–Kier alpha value is -0.780. The van der Waals surface area contributed by atoms with Crippen molar-refractivity contribution in [3.63, 3.8) is 0 Å². The molecule has 1 atom stereocenters. The van der Waals surface area contributed by atoms with Gasteiger partial charge in [0.15, 0.2) is 5.96 Å². The molecule has 0 heterocycles. The van der Waals surface area contributed by atoms with E-state index in [0.29, 0.717) is 17.4 Å². The van der Waals surface area contributed by atoms with Crippen LogP contribution in [-0.4, -0.2) is 25.6 Å². The van der Waals surface area contributed by atoms with E-state index >= 15 is 0 Å². The van der Waals surface area contributed by atoms with Gasteiger partial charge >= 0.3 is 0 Å². The van der Waals surface area contributed by atoms with E-state index in [1.807, 2.05) is 7.05 Å². The van der Waals surface area contributed by atoms with Gasteiger partial charge in [-0.15, -0.1) is 24.0 Å². The molecule has 1 fully saturated rings. The van der Waals surface area contributed by atoms with E-state index in [9.17, 15) is 0 Å². The van der Waals surface area contributed by atoms with Gasteiger partial charge in [0.1, 0.15) is 0 Å². The normalized spacial score (nSPS) is 17.6. The maximum Gasteiger partial charge on any atom is 0.191 e. The number of hydrogen-bond donors (Lipinski definition) is 2. The highest BCUT2D eigenvalue weighted by Crippen LogP contribution is 2.48. The summed E-state index contributed by atoms with van der Waals surface area (Å²) in [6.45, 7) is 9.82. The SMILES string of the molecule is CN=C(NCC1(c2ccccc2C)CC1)NC(C)C(C)C.I. The molecule has 1 unspecified atom stereocenters. The lowest BCUT2D eigenvalue weighted by molar-refractivity contribution is 0.479. The number of hydrogen-bond acceptors (Lipinski definition) is 1. The molecule has 1 aromatic carbocycles. The van der Waals surface area contributed by atoms with E-state index in [1.54, 1.807) is 0 Å². The highest BCUT2D eigenvalue weighted by molar-refractivity contribution is 14.0. The summed E-state index contributed by atoms with van der Waals surface area (Å²) in [5.74, 6) is 1.51. The van der Waals surface area contributed by atoms with E-state index in [0.717, 1.165) is 12.5 Å². The number of halogens is 1. The molecule has 124 valence electrons. The Bertz CT molecular complexity index is 507. The predicted octanol–water partition coefficient (Wildman–Crippen LogP) is 3.85. The van der Waals surface area contributed by atoms with Crippen molar-refractivity contribution in [3.05, 3.63) is 35.4 Å². The lowest BCUT2D eigenvalue weighted by Gasteiger charge is -2.24. The summed E-state index contributed by atoms with van der Waals surface area (Å²) in [6, 6.07) is 9.17. The molecular weight excluding hydrogens is 385 g/mol. The summed E-state index contributed by atoms with van der Waals surface area (Å²) in [6.07, 6.45) is 2.53. The molecule has 0 spiro atoms. The minimum absolute atomic E-state index is 0. The number of nitrogens with zero attached hydrogens (tertiary/aromatic N) is 1. The summed E-state index contributed by atoms with van der Waals surface area (Å²) >= 11 is 0. The number of aliphatic imine (C=N–C) groups is 1. The minimum Gasteiger partial charge on any atom is -0.356 e. The van der Waals surface area contributed by atoms with E-state index < -0.39 is 0 Å². The van der Waals surface area contributed by atoms with E-state index in [-0.39, 0.29) is 24.0 Å². The van der Waals surface area contributed by atoms with Crippen molar-refractivity contribution >= 4 is 29.9 Å². The molecule has 4 heteroatoms. The Morgan fingerprint density at radius 2 is 1.86 bits per heavy atom. The van der Waals surface area contributed by atoms with Crippen LogP contribution in [0.2, 0.25) is 0 Å². The van der Waals surface area contributed by atoms with Crippen LogP contribution in [0.15, 0.2) is 29.3 Å². The zero-order valence-corrected chi connectivity index (χ0v) is 16.8. The van der Waals surface area contributed by atoms with Crippen molar-refractivity contribution in [1.82, 2.24) is 10.6 Å². The van der Waals surface area contributed by atoms with Crippen molar-refractivity contribution in [1.29, 1.82) is 0 Å². The summed E-state index contributed by atoms with van der Waals surface area (Å²) in [5.41, 5.74) is 3.20. The smallest absolute Gasteiger partial charge is 0.191 e. The summed E-state index contributed by atoms with van der Waals surface area (Å²) < 4.78 is 0. The largest absolute Gasteiger partial charge is 0.356 e. The molecule has 22 heavy (non-hydrogen) atoms. The van der Waals surface area contributed by atoms with Crippen LogP contribution in [0.5, 0.6) is 0 Å². The van der Waals surface area contributed by atoms with Gasteiger partial charge in [-0.2, -0.15) is 0 Å². The topological polar surface area (TPSA) is 36.4 Å². The molecule has 3 nitrogen and oxygen atoms in total. The second-order valence-electron chi connectivity index (χ2n) is 6.70. The Balaban J connectivity index is 0.00000242. The van der Waals surface area contributed by atoms with Crippen molar-refractivity contribution < 1.29 is 0 Å².